The van der Waals surface area contributed by atoms with Crippen molar-refractivity contribution in [3.05, 3.63) is 55.6 Å². The van der Waals surface area contributed by atoms with Gasteiger partial charge in [0.1, 0.15) is 6.54 Å². The summed E-state index contributed by atoms with van der Waals surface area (Å²) in [7, 11) is 0. The minimum atomic E-state index is -1.13. The molecule has 2 aromatic rings. The lowest BCUT2D eigenvalue weighted by Gasteiger charge is -2.19. The zero-order valence-electron chi connectivity index (χ0n) is 10.7. The van der Waals surface area contributed by atoms with Crippen molar-refractivity contribution in [3.8, 4) is 0 Å². The summed E-state index contributed by atoms with van der Waals surface area (Å²) in [6.07, 6.45) is 1.34. The van der Waals surface area contributed by atoms with Gasteiger partial charge in [-0.15, -0.1) is 11.3 Å². The summed E-state index contributed by atoms with van der Waals surface area (Å²) >= 11 is 7.09. The Bertz CT molecular complexity index is 725. The van der Waals surface area contributed by atoms with E-state index in [1.165, 1.54) is 23.6 Å². The summed E-state index contributed by atoms with van der Waals surface area (Å²) in [6, 6.07) is 5.98. The Morgan fingerprint density at radius 1 is 1.33 bits per heavy atom. The van der Waals surface area contributed by atoms with Crippen LogP contribution in [0, 0.1) is 0 Å². The second kappa shape index (κ2) is 6.55. The Kier molecular flexibility index (Phi) is 4.77. The quantitative estimate of drug-likeness (QED) is 0.876. The average Bonchev–Trinajstić information content (AvgIpc) is 2.82. The van der Waals surface area contributed by atoms with Crippen LogP contribution in [0.3, 0.4) is 0 Å². The van der Waals surface area contributed by atoms with Crippen LogP contribution in [-0.4, -0.2) is 33.4 Å². The number of aliphatic carboxylic acids is 1. The van der Waals surface area contributed by atoms with Gasteiger partial charge in [0.25, 0.3) is 5.91 Å². The van der Waals surface area contributed by atoms with E-state index in [0.29, 0.717) is 4.34 Å². The van der Waals surface area contributed by atoms with Crippen LogP contribution in [0.4, 0.5) is 0 Å². The van der Waals surface area contributed by atoms with Gasteiger partial charge in [-0.25, -0.2) is 0 Å². The number of aromatic amines is 1. The van der Waals surface area contributed by atoms with Gasteiger partial charge < -0.3 is 15.0 Å². The molecule has 2 heterocycles. The molecule has 0 aliphatic carbocycles. The maximum absolute atomic E-state index is 12.3. The van der Waals surface area contributed by atoms with E-state index in [9.17, 15) is 14.4 Å². The Labute approximate surface area is 128 Å². The molecule has 2 rings (SSSR count). The van der Waals surface area contributed by atoms with Crippen LogP contribution in [0.2, 0.25) is 4.34 Å². The maximum Gasteiger partial charge on any atom is 0.323 e. The lowest BCUT2D eigenvalue weighted by atomic mass is 10.2. The number of nitrogens with one attached hydrogen (secondary N) is 1. The summed E-state index contributed by atoms with van der Waals surface area (Å²) in [5.41, 5.74) is -0.280. The van der Waals surface area contributed by atoms with Crippen LogP contribution in [-0.2, 0) is 11.3 Å². The van der Waals surface area contributed by atoms with Gasteiger partial charge in [-0.3, -0.25) is 14.4 Å². The number of carbonyl (C=O) groups is 2. The molecule has 21 heavy (non-hydrogen) atoms. The first-order valence-electron chi connectivity index (χ1n) is 5.90. The van der Waals surface area contributed by atoms with Crippen molar-refractivity contribution in [1.82, 2.24) is 9.88 Å². The standard InChI is InChI=1S/C13H11ClN2O4S/c14-10-2-1-9(21-10)6-16(7-12(18)19)13(20)8-3-4-15-11(17)5-8/h1-5H,6-7H2,(H,15,17)(H,18,19). The van der Waals surface area contributed by atoms with Gasteiger partial charge in [0.05, 0.1) is 10.9 Å². The van der Waals surface area contributed by atoms with Crippen LogP contribution in [0.5, 0.6) is 0 Å². The monoisotopic (exact) mass is 326 g/mol. The molecule has 1 amide bonds. The highest BCUT2D eigenvalue weighted by Gasteiger charge is 2.20. The lowest BCUT2D eigenvalue weighted by Crippen LogP contribution is -2.35. The van der Waals surface area contributed by atoms with Gasteiger partial charge in [-0.1, -0.05) is 11.6 Å². The zero-order valence-corrected chi connectivity index (χ0v) is 12.3. The number of carbonyl (C=O) groups excluding carboxylic acids is 1. The number of pyridine rings is 1. The second-order valence-electron chi connectivity index (χ2n) is 4.20. The Balaban J connectivity index is 2.24. The first kappa shape index (κ1) is 15.3. The Hall–Kier alpha value is -2.12. The average molecular weight is 327 g/mol. The summed E-state index contributed by atoms with van der Waals surface area (Å²) in [4.78, 5) is 38.8. The molecule has 0 aromatic carbocycles. The van der Waals surface area contributed by atoms with E-state index < -0.39 is 24.0 Å². The summed E-state index contributed by atoms with van der Waals surface area (Å²) < 4.78 is 0.559. The van der Waals surface area contributed by atoms with Crippen molar-refractivity contribution in [1.29, 1.82) is 0 Å². The van der Waals surface area contributed by atoms with Crippen molar-refractivity contribution in [3.63, 3.8) is 0 Å². The normalized spacial score (nSPS) is 10.3. The van der Waals surface area contributed by atoms with E-state index in [1.54, 1.807) is 12.1 Å². The highest BCUT2D eigenvalue weighted by atomic mass is 35.5. The number of aromatic nitrogens is 1. The number of hydrogen-bond acceptors (Lipinski definition) is 4. The molecule has 0 aliphatic rings. The Morgan fingerprint density at radius 3 is 2.67 bits per heavy atom. The van der Waals surface area contributed by atoms with E-state index in [4.69, 9.17) is 16.7 Å². The van der Waals surface area contributed by atoms with Crippen LogP contribution in [0.1, 0.15) is 15.2 Å². The van der Waals surface area contributed by atoms with E-state index in [-0.39, 0.29) is 12.1 Å². The second-order valence-corrected chi connectivity index (χ2v) is 6.00. The molecule has 0 unspecified atom stereocenters. The van der Waals surface area contributed by atoms with E-state index in [2.05, 4.69) is 4.98 Å². The van der Waals surface area contributed by atoms with Gasteiger partial charge in [-0.2, -0.15) is 0 Å². The smallest absolute Gasteiger partial charge is 0.323 e. The highest BCUT2D eigenvalue weighted by Crippen LogP contribution is 2.23. The first-order chi connectivity index (χ1) is 9.95. The molecule has 0 aliphatic heterocycles. The fourth-order valence-corrected chi connectivity index (χ4v) is 2.85. The van der Waals surface area contributed by atoms with Gasteiger partial charge >= 0.3 is 5.97 Å². The highest BCUT2D eigenvalue weighted by molar-refractivity contribution is 7.16. The van der Waals surface area contributed by atoms with Crippen LogP contribution < -0.4 is 5.56 Å². The minimum absolute atomic E-state index is 0.120. The molecule has 0 radical (unpaired) electrons. The number of hydrogen-bond donors (Lipinski definition) is 2. The van der Waals surface area contributed by atoms with Crippen molar-refractivity contribution in [2.24, 2.45) is 0 Å². The molecule has 0 fully saturated rings. The van der Waals surface area contributed by atoms with E-state index >= 15 is 0 Å². The number of amides is 1. The molecule has 2 aromatic heterocycles. The first-order valence-corrected chi connectivity index (χ1v) is 7.09. The van der Waals surface area contributed by atoms with Crippen molar-refractivity contribution >= 4 is 34.8 Å². The van der Waals surface area contributed by atoms with Crippen LogP contribution in [0.25, 0.3) is 0 Å². The predicted molar refractivity (Wildman–Crippen MR) is 78.8 cm³/mol. The Morgan fingerprint density at radius 2 is 2.10 bits per heavy atom. The number of carboxylic acids is 1. The molecule has 0 bridgehead atoms. The van der Waals surface area contributed by atoms with E-state index in [0.717, 1.165) is 15.8 Å². The number of carboxylic acid groups (broad SMARTS) is 1. The summed E-state index contributed by atoms with van der Waals surface area (Å²) in [5, 5.41) is 8.93. The third kappa shape index (κ3) is 4.17. The van der Waals surface area contributed by atoms with Gasteiger partial charge in [0, 0.05) is 22.7 Å². The molecule has 110 valence electrons. The van der Waals surface area contributed by atoms with Gasteiger partial charge in [0.2, 0.25) is 5.56 Å². The zero-order chi connectivity index (χ0) is 15.4. The van der Waals surface area contributed by atoms with Gasteiger partial charge in [0.15, 0.2) is 0 Å². The van der Waals surface area contributed by atoms with Crippen LogP contribution >= 0.6 is 22.9 Å². The summed E-state index contributed by atoms with van der Waals surface area (Å²) in [6.45, 7) is -0.337. The third-order valence-electron chi connectivity index (χ3n) is 2.61. The van der Waals surface area contributed by atoms with Crippen molar-refractivity contribution in [2.45, 2.75) is 6.54 Å². The summed E-state index contributed by atoms with van der Waals surface area (Å²) in [5.74, 6) is -1.65. The fraction of sp³-hybridized carbons (Fsp3) is 0.154. The number of nitrogens with zero attached hydrogens (tertiary/aromatic N) is 1. The molecule has 0 atom stereocenters. The topological polar surface area (TPSA) is 90.5 Å². The number of thiophene rings is 1. The molecule has 0 saturated heterocycles. The SMILES string of the molecule is O=C(O)CN(Cc1ccc(Cl)s1)C(=O)c1cc[nH]c(=O)c1. The molecule has 2 N–H and O–H groups in total. The number of H-pyrrole nitrogens is 1. The maximum atomic E-state index is 12.3. The molecular formula is C13H11ClN2O4S. The largest absolute Gasteiger partial charge is 0.480 e. The number of rotatable bonds is 5. The van der Waals surface area contributed by atoms with Crippen molar-refractivity contribution in [2.75, 3.05) is 6.54 Å². The van der Waals surface area contributed by atoms with E-state index in [1.807, 2.05) is 0 Å². The third-order valence-corrected chi connectivity index (χ3v) is 3.83. The molecule has 6 nitrogen and oxygen atoms in total. The minimum Gasteiger partial charge on any atom is -0.480 e. The van der Waals surface area contributed by atoms with Crippen molar-refractivity contribution < 1.29 is 14.7 Å². The molecule has 0 spiro atoms. The van der Waals surface area contributed by atoms with Crippen LogP contribution in [0.15, 0.2) is 35.3 Å². The number of halogens is 1. The lowest BCUT2D eigenvalue weighted by molar-refractivity contribution is -0.137. The predicted octanol–water partition coefficient (Wildman–Crippen LogP) is 1.82. The fourth-order valence-electron chi connectivity index (χ4n) is 1.75. The molecule has 0 saturated carbocycles. The molecular weight excluding hydrogens is 316 g/mol. The molecule has 8 heteroatoms. The van der Waals surface area contributed by atoms with Gasteiger partial charge in [-0.05, 0) is 18.2 Å².